The zero-order valence-electron chi connectivity index (χ0n) is 16.9. The molecule has 3 rings (SSSR count). The molecule has 1 aliphatic rings. The number of piperazine rings is 1. The zero-order valence-corrected chi connectivity index (χ0v) is 16.9. The highest BCUT2D eigenvalue weighted by Gasteiger charge is 2.22. The summed E-state index contributed by atoms with van der Waals surface area (Å²) in [6, 6.07) is 15.9. The Balaban J connectivity index is 1.50. The summed E-state index contributed by atoms with van der Waals surface area (Å²) in [5.41, 5.74) is 2.18. The highest BCUT2D eigenvalue weighted by molar-refractivity contribution is 5.78. The molecule has 0 unspecified atom stereocenters. The van der Waals surface area contributed by atoms with Crippen molar-refractivity contribution in [3.8, 4) is 11.5 Å². The van der Waals surface area contributed by atoms with Crippen LogP contribution in [0.4, 0.5) is 5.69 Å². The van der Waals surface area contributed by atoms with Crippen LogP contribution in [0.25, 0.3) is 0 Å². The summed E-state index contributed by atoms with van der Waals surface area (Å²) in [5, 5.41) is 0. The van der Waals surface area contributed by atoms with Gasteiger partial charge in [0.15, 0.2) is 0 Å². The van der Waals surface area contributed by atoms with Crippen molar-refractivity contribution in [1.29, 1.82) is 0 Å². The van der Waals surface area contributed by atoms with Crippen LogP contribution in [0, 0.1) is 0 Å². The minimum absolute atomic E-state index is 0.133. The summed E-state index contributed by atoms with van der Waals surface area (Å²) < 4.78 is 10.7. The molecule has 0 N–H and O–H groups in total. The van der Waals surface area contributed by atoms with Gasteiger partial charge in [0.2, 0.25) is 5.91 Å². The largest absolute Gasteiger partial charge is 0.497 e. The molecule has 0 radical (unpaired) electrons. The van der Waals surface area contributed by atoms with Crippen molar-refractivity contribution in [2.24, 2.45) is 0 Å². The van der Waals surface area contributed by atoms with Crippen molar-refractivity contribution < 1.29 is 14.3 Å². The fraction of sp³-hybridized carbons (Fsp3) is 0.409. The third-order valence-electron chi connectivity index (χ3n) is 5.14. The van der Waals surface area contributed by atoms with Crippen LogP contribution in [0.2, 0.25) is 0 Å². The van der Waals surface area contributed by atoms with E-state index in [0.29, 0.717) is 13.1 Å². The van der Waals surface area contributed by atoms with Gasteiger partial charge in [-0.3, -0.25) is 9.69 Å². The highest BCUT2D eigenvalue weighted by atomic mass is 16.5. The number of anilines is 1. The summed E-state index contributed by atoms with van der Waals surface area (Å²) in [4.78, 5) is 19.0. The van der Waals surface area contributed by atoms with Gasteiger partial charge in [-0.2, -0.15) is 0 Å². The Bertz CT molecular complexity index is 788. The van der Waals surface area contributed by atoms with Gasteiger partial charge in [0.25, 0.3) is 0 Å². The number of nitrogens with zero attached hydrogens (tertiary/aromatic N) is 3. The first-order chi connectivity index (χ1) is 13.6. The van der Waals surface area contributed by atoms with Gasteiger partial charge in [-0.1, -0.05) is 24.3 Å². The van der Waals surface area contributed by atoms with Gasteiger partial charge in [-0.25, -0.2) is 0 Å². The summed E-state index contributed by atoms with van der Waals surface area (Å²) in [7, 11) is 5.21. The van der Waals surface area contributed by atoms with E-state index in [1.54, 1.807) is 19.1 Å². The van der Waals surface area contributed by atoms with Crippen molar-refractivity contribution in [2.75, 3.05) is 58.9 Å². The first kappa shape index (κ1) is 20.0. The third kappa shape index (κ3) is 4.95. The van der Waals surface area contributed by atoms with Crippen molar-refractivity contribution >= 4 is 11.6 Å². The molecule has 150 valence electrons. The quantitative estimate of drug-likeness (QED) is 0.735. The molecular weight excluding hydrogens is 354 g/mol. The van der Waals surface area contributed by atoms with Crippen LogP contribution in [0.3, 0.4) is 0 Å². The number of hydrogen-bond donors (Lipinski definition) is 0. The molecule has 0 aromatic heterocycles. The molecule has 1 aliphatic heterocycles. The Kier molecular flexibility index (Phi) is 6.76. The molecule has 28 heavy (non-hydrogen) atoms. The van der Waals surface area contributed by atoms with Crippen LogP contribution in [-0.4, -0.2) is 69.7 Å². The van der Waals surface area contributed by atoms with E-state index < -0.39 is 0 Å². The minimum atomic E-state index is 0.133. The Labute approximate surface area is 167 Å². The number of likely N-dealkylation sites (N-methyl/N-ethyl adjacent to an activating group) is 1. The van der Waals surface area contributed by atoms with Crippen LogP contribution >= 0.6 is 0 Å². The van der Waals surface area contributed by atoms with E-state index in [4.69, 9.17) is 9.47 Å². The Morgan fingerprint density at radius 1 is 1.00 bits per heavy atom. The lowest BCUT2D eigenvalue weighted by molar-refractivity contribution is -0.131. The van der Waals surface area contributed by atoms with E-state index in [-0.39, 0.29) is 5.91 Å². The van der Waals surface area contributed by atoms with Gasteiger partial charge in [0, 0.05) is 39.8 Å². The van der Waals surface area contributed by atoms with Crippen molar-refractivity contribution in [1.82, 2.24) is 9.80 Å². The van der Waals surface area contributed by atoms with Gasteiger partial charge in [0.1, 0.15) is 11.5 Å². The Morgan fingerprint density at radius 3 is 2.46 bits per heavy atom. The van der Waals surface area contributed by atoms with Crippen LogP contribution in [0.5, 0.6) is 11.5 Å². The summed E-state index contributed by atoms with van der Waals surface area (Å²) in [6.07, 6.45) is 0. The summed E-state index contributed by atoms with van der Waals surface area (Å²) >= 11 is 0. The molecule has 6 nitrogen and oxygen atoms in total. The van der Waals surface area contributed by atoms with E-state index >= 15 is 0 Å². The number of methoxy groups -OCH3 is 2. The van der Waals surface area contributed by atoms with Gasteiger partial charge in [0.05, 0.1) is 26.5 Å². The van der Waals surface area contributed by atoms with E-state index in [1.807, 2.05) is 49.5 Å². The van der Waals surface area contributed by atoms with Crippen molar-refractivity contribution in [3.63, 3.8) is 0 Å². The lowest BCUT2D eigenvalue weighted by Crippen LogP contribution is -2.49. The van der Waals surface area contributed by atoms with E-state index in [1.165, 1.54) is 0 Å². The number of hydrogen-bond acceptors (Lipinski definition) is 5. The smallest absolute Gasteiger partial charge is 0.236 e. The van der Waals surface area contributed by atoms with Crippen LogP contribution in [0.15, 0.2) is 48.5 Å². The second kappa shape index (κ2) is 9.46. The second-order valence-electron chi connectivity index (χ2n) is 7.04. The van der Waals surface area contributed by atoms with Gasteiger partial charge in [-0.15, -0.1) is 0 Å². The molecule has 2 aromatic carbocycles. The monoisotopic (exact) mass is 383 g/mol. The fourth-order valence-corrected chi connectivity index (χ4v) is 3.48. The average Bonchev–Trinajstić information content (AvgIpc) is 2.74. The maximum Gasteiger partial charge on any atom is 0.236 e. The van der Waals surface area contributed by atoms with Gasteiger partial charge >= 0.3 is 0 Å². The molecule has 0 spiro atoms. The van der Waals surface area contributed by atoms with Crippen LogP contribution < -0.4 is 14.4 Å². The maximum absolute atomic E-state index is 12.6. The first-order valence-corrected chi connectivity index (χ1v) is 9.58. The van der Waals surface area contributed by atoms with Crippen molar-refractivity contribution in [3.05, 3.63) is 54.1 Å². The molecule has 0 bridgehead atoms. The lowest BCUT2D eigenvalue weighted by atomic mass is 10.2. The molecule has 1 saturated heterocycles. The number of carbonyl (C=O) groups excluding carboxylic acids is 1. The van der Waals surface area contributed by atoms with Crippen LogP contribution in [0.1, 0.15) is 5.56 Å². The van der Waals surface area contributed by atoms with E-state index in [2.05, 4.69) is 15.9 Å². The number of benzene rings is 2. The highest BCUT2D eigenvalue weighted by Crippen LogP contribution is 2.28. The van der Waals surface area contributed by atoms with Gasteiger partial charge in [-0.05, 0) is 29.8 Å². The Morgan fingerprint density at radius 2 is 1.75 bits per heavy atom. The normalized spacial score (nSPS) is 14.6. The molecule has 1 heterocycles. The zero-order chi connectivity index (χ0) is 19.9. The fourth-order valence-electron chi connectivity index (χ4n) is 3.48. The van der Waals surface area contributed by atoms with Gasteiger partial charge < -0.3 is 19.3 Å². The first-order valence-electron chi connectivity index (χ1n) is 9.58. The van der Waals surface area contributed by atoms with Crippen molar-refractivity contribution in [2.45, 2.75) is 6.54 Å². The lowest BCUT2D eigenvalue weighted by Gasteiger charge is -2.36. The molecule has 1 amide bonds. The maximum atomic E-state index is 12.6. The molecule has 2 aromatic rings. The summed E-state index contributed by atoms with van der Waals surface area (Å²) in [5.74, 6) is 1.84. The SMILES string of the molecule is COc1cccc(CN(C)C(=O)CN2CCN(c3ccccc3OC)CC2)c1. The molecule has 0 saturated carbocycles. The molecule has 1 fully saturated rings. The summed E-state index contributed by atoms with van der Waals surface area (Å²) in [6.45, 7) is 4.51. The minimum Gasteiger partial charge on any atom is -0.497 e. The Hall–Kier alpha value is -2.73. The molecule has 6 heteroatoms. The second-order valence-corrected chi connectivity index (χ2v) is 7.04. The van der Waals surface area contributed by atoms with E-state index in [9.17, 15) is 4.79 Å². The topological polar surface area (TPSA) is 45.2 Å². The molecule has 0 atom stereocenters. The van der Waals surface area contributed by atoms with Crippen LogP contribution in [-0.2, 0) is 11.3 Å². The standard InChI is InChI=1S/C22H29N3O3/c1-23(16-18-7-6-8-19(15-18)27-2)22(26)17-24-11-13-25(14-12-24)20-9-4-5-10-21(20)28-3/h4-10,15H,11-14,16-17H2,1-3H3. The number of ether oxygens (including phenoxy) is 2. The predicted octanol–water partition coefficient (Wildman–Crippen LogP) is 2.48. The average molecular weight is 383 g/mol. The molecular formula is C22H29N3O3. The predicted molar refractivity (Wildman–Crippen MR) is 111 cm³/mol. The number of rotatable bonds is 7. The number of amides is 1. The number of para-hydroxylation sites is 2. The number of carbonyl (C=O) groups is 1. The molecule has 0 aliphatic carbocycles. The van der Waals surface area contributed by atoms with E-state index in [0.717, 1.165) is 48.9 Å². The third-order valence-corrected chi connectivity index (χ3v) is 5.14.